The first-order valence-electron chi connectivity index (χ1n) is 6.73. The molecule has 0 heterocycles. The standard InChI is InChI=1S/C16H18ClFN4O/c1-5-20-11(3)15(22-19-4)10(2)16(23)21-9-12-6-7-14(18)13(17)8-12/h5-8,22H,2,4,9H2,1,3H3,(H,21,23)/b15-11+,20-5?. The topological polar surface area (TPSA) is 65.8 Å². The first kappa shape index (κ1) is 18.6. The van der Waals surface area contributed by atoms with Crippen molar-refractivity contribution in [3.63, 3.8) is 0 Å². The van der Waals surface area contributed by atoms with Gasteiger partial charge >= 0.3 is 0 Å². The quantitative estimate of drug-likeness (QED) is 0.347. The maximum atomic E-state index is 13.1. The van der Waals surface area contributed by atoms with Crippen LogP contribution in [0, 0.1) is 5.82 Å². The molecule has 0 aromatic heterocycles. The van der Waals surface area contributed by atoms with Crippen LogP contribution in [-0.4, -0.2) is 18.8 Å². The number of halogens is 2. The van der Waals surface area contributed by atoms with E-state index in [-0.39, 0.29) is 17.1 Å². The van der Waals surface area contributed by atoms with E-state index in [0.717, 1.165) is 0 Å². The van der Waals surface area contributed by atoms with Gasteiger partial charge < -0.3 is 5.32 Å². The van der Waals surface area contributed by atoms with Gasteiger partial charge in [0.25, 0.3) is 5.91 Å². The Kier molecular flexibility index (Phi) is 7.15. The normalized spacial score (nSPS) is 11.8. The second-order valence-electron chi connectivity index (χ2n) is 4.53. The van der Waals surface area contributed by atoms with Crippen molar-refractivity contribution in [1.29, 1.82) is 0 Å². The minimum Gasteiger partial charge on any atom is -0.348 e. The largest absolute Gasteiger partial charge is 0.348 e. The minimum atomic E-state index is -0.509. The average Bonchev–Trinajstić information content (AvgIpc) is 2.53. The van der Waals surface area contributed by atoms with Gasteiger partial charge in [0.1, 0.15) is 5.82 Å². The zero-order valence-electron chi connectivity index (χ0n) is 13.0. The molecule has 23 heavy (non-hydrogen) atoms. The van der Waals surface area contributed by atoms with Crippen LogP contribution >= 0.6 is 11.6 Å². The molecule has 1 aromatic rings. The summed E-state index contributed by atoms with van der Waals surface area (Å²) in [6.45, 7) is 10.7. The number of carbonyl (C=O) groups is 1. The molecule has 0 bridgehead atoms. The van der Waals surface area contributed by atoms with Crippen LogP contribution < -0.4 is 10.7 Å². The summed E-state index contributed by atoms with van der Waals surface area (Å²) >= 11 is 5.70. The third-order valence-corrected chi connectivity index (χ3v) is 3.18. The van der Waals surface area contributed by atoms with Gasteiger partial charge in [-0.1, -0.05) is 24.2 Å². The third kappa shape index (κ3) is 5.34. The molecule has 0 saturated heterocycles. The van der Waals surface area contributed by atoms with E-state index in [1.54, 1.807) is 20.1 Å². The number of hydrazone groups is 1. The van der Waals surface area contributed by atoms with Crippen molar-refractivity contribution in [3.8, 4) is 0 Å². The van der Waals surface area contributed by atoms with Crippen LogP contribution in [0.15, 0.2) is 51.8 Å². The third-order valence-electron chi connectivity index (χ3n) is 2.89. The van der Waals surface area contributed by atoms with Gasteiger partial charge in [0, 0.05) is 19.5 Å². The molecule has 1 amide bonds. The van der Waals surface area contributed by atoms with Crippen molar-refractivity contribution in [3.05, 3.63) is 58.1 Å². The number of carbonyl (C=O) groups excluding carboxylic acids is 1. The monoisotopic (exact) mass is 336 g/mol. The van der Waals surface area contributed by atoms with Crippen LogP contribution in [0.4, 0.5) is 4.39 Å². The summed E-state index contributed by atoms with van der Waals surface area (Å²) in [4.78, 5) is 16.3. The molecule has 0 saturated carbocycles. The van der Waals surface area contributed by atoms with E-state index in [1.807, 2.05) is 0 Å². The Bertz CT molecular complexity index is 683. The summed E-state index contributed by atoms with van der Waals surface area (Å²) in [5.74, 6) is -0.923. The average molecular weight is 337 g/mol. The molecular formula is C16H18ClFN4O. The van der Waals surface area contributed by atoms with Crippen molar-refractivity contribution >= 4 is 30.4 Å². The lowest BCUT2D eigenvalue weighted by molar-refractivity contribution is -0.117. The second-order valence-corrected chi connectivity index (χ2v) is 4.93. The summed E-state index contributed by atoms with van der Waals surface area (Å²) in [7, 11) is 0. The molecule has 2 N–H and O–H groups in total. The van der Waals surface area contributed by atoms with Gasteiger partial charge in [0.15, 0.2) is 0 Å². The number of hydrogen-bond acceptors (Lipinski definition) is 4. The van der Waals surface area contributed by atoms with Gasteiger partial charge in [-0.25, -0.2) is 4.39 Å². The van der Waals surface area contributed by atoms with Gasteiger partial charge in [-0.3, -0.25) is 15.2 Å². The van der Waals surface area contributed by atoms with Crippen LogP contribution in [0.2, 0.25) is 5.02 Å². The lowest BCUT2D eigenvalue weighted by Gasteiger charge is -2.12. The van der Waals surface area contributed by atoms with Crippen molar-refractivity contribution in [2.75, 3.05) is 0 Å². The first-order chi connectivity index (χ1) is 10.9. The summed E-state index contributed by atoms with van der Waals surface area (Å²) in [6.07, 6.45) is 1.59. The van der Waals surface area contributed by atoms with E-state index in [2.05, 4.69) is 34.1 Å². The lowest BCUT2D eigenvalue weighted by Crippen LogP contribution is -2.27. The van der Waals surface area contributed by atoms with Crippen molar-refractivity contribution in [2.45, 2.75) is 20.4 Å². The fraction of sp³-hybridized carbons (Fsp3) is 0.188. The Morgan fingerprint density at radius 1 is 1.48 bits per heavy atom. The van der Waals surface area contributed by atoms with E-state index < -0.39 is 11.7 Å². The lowest BCUT2D eigenvalue weighted by atomic mass is 10.1. The Morgan fingerprint density at radius 2 is 2.17 bits per heavy atom. The maximum Gasteiger partial charge on any atom is 0.253 e. The zero-order valence-corrected chi connectivity index (χ0v) is 13.7. The Morgan fingerprint density at radius 3 is 2.74 bits per heavy atom. The molecule has 0 atom stereocenters. The molecule has 1 rings (SSSR count). The van der Waals surface area contributed by atoms with Crippen LogP contribution in [-0.2, 0) is 11.3 Å². The number of nitrogens with one attached hydrogen (secondary N) is 2. The molecule has 7 heteroatoms. The number of hydrogen-bond donors (Lipinski definition) is 2. The number of amides is 1. The highest BCUT2D eigenvalue weighted by atomic mass is 35.5. The molecule has 0 fully saturated rings. The van der Waals surface area contributed by atoms with Gasteiger partial charge in [0.2, 0.25) is 0 Å². The Hall–Kier alpha value is -2.47. The van der Waals surface area contributed by atoms with Crippen molar-refractivity contribution in [2.24, 2.45) is 10.1 Å². The van der Waals surface area contributed by atoms with Crippen LogP contribution in [0.3, 0.4) is 0 Å². The first-order valence-corrected chi connectivity index (χ1v) is 7.11. The molecule has 0 aliphatic carbocycles. The van der Waals surface area contributed by atoms with E-state index in [1.165, 1.54) is 18.2 Å². The SMILES string of the molecule is C=NN/C(C(=C)C(=O)NCc1ccc(F)c(Cl)c1)=C(\C)N=CC. The number of benzene rings is 1. The molecule has 122 valence electrons. The van der Waals surface area contributed by atoms with Gasteiger partial charge in [0.05, 0.1) is 22.0 Å². The molecule has 5 nitrogen and oxygen atoms in total. The van der Waals surface area contributed by atoms with Crippen molar-refractivity contribution < 1.29 is 9.18 Å². The highest BCUT2D eigenvalue weighted by Gasteiger charge is 2.14. The van der Waals surface area contributed by atoms with E-state index >= 15 is 0 Å². The van der Waals surface area contributed by atoms with Crippen LogP contribution in [0.5, 0.6) is 0 Å². The Labute approximate surface area is 139 Å². The van der Waals surface area contributed by atoms with Crippen LogP contribution in [0.1, 0.15) is 19.4 Å². The summed E-state index contributed by atoms with van der Waals surface area (Å²) < 4.78 is 13.1. The molecule has 0 spiro atoms. The predicted octanol–water partition coefficient (Wildman–Crippen LogP) is 3.18. The zero-order chi connectivity index (χ0) is 17.4. The summed E-state index contributed by atoms with van der Waals surface area (Å²) in [6, 6.07) is 4.23. The fourth-order valence-electron chi connectivity index (χ4n) is 1.76. The van der Waals surface area contributed by atoms with Crippen LogP contribution in [0.25, 0.3) is 0 Å². The molecule has 0 radical (unpaired) electrons. The molecule has 1 aromatic carbocycles. The van der Waals surface area contributed by atoms with E-state index in [9.17, 15) is 9.18 Å². The number of aliphatic imine (C=N–C) groups is 1. The highest BCUT2D eigenvalue weighted by Crippen LogP contribution is 2.16. The van der Waals surface area contributed by atoms with E-state index in [0.29, 0.717) is 17.0 Å². The predicted molar refractivity (Wildman–Crippen MR) is 91.9 cm³/mol. The van der Waals surface area contributed by atoms with Gasteiger partial charge in [-0.05, 0) is 31.5 Å². The minimum absolute atomic E-state index is 0.00168. The second kappa shape index (κ2) is 8.85. The number of nitrogens with zero attached hydrogens (tertiary/aromatic N) is 2. The molecular weight excluding hydrogens is 319 g/mol. The summed E-state index contributed by atoms with van der Waals surface area (Å²) in [5.41, 5.74) is 4.35. The maximum absolute atomic E-state index is 13.1. The molecule has 0 aliphatic rings. The molecule has 0 aliphatic heterocycles. The van der Waals surface area contributed by atoms with Crippen molar-refractivity contribution in [1.82, 2.24) is 10.7 Å². The Balaban J connectivity index is 2.82. The smallest absolute Gasteiger partial charge is 0.253 e. The van der Waals surface area contributed by atoms with Gasteiger partial charge in [-0.15, -0.1) is 0 Å². The number of rotatable bonds is 7. The summed E-state index contributed by atoms with van der Waals surface area (Å²) in [5, 5.41) is 6.23. The van der Waals surface area contributed by atoms with E-state index in [4.69, 9.17) is 11.6 Å². The van der Waals surface area contributed by atoms with Gasteiger partial charge in [-0.2, -0.15) is 5.10 Å². The fourth-order valence-corrected chi connectivity index (χ4v) is 1.96. The highest BCUT2D eigenvalue weighted by molar-refractivity contribution is 6.30. The molecule has 0 unspecified atom stereocenters. The number of allylic oxidation sites excluding steroid dienone is 1.